The van der Waals surface area contributed by atoms with Crippen LogP contribution in [0.2, 0.25) is 5.02 Å². The molecule has 1 unspecified atom stereocenters. The van der Waals surface area contributed by atoms with E-state index in [1.165, 1.54) is 54.6 Å². The number of phenolic OH excluding ortho intramolecular Hbond substituents is 1. The van der Waals surface area contributed by atoms with E-state index in [9.17, 15) is 29.1 Å². The second-order valence-corrected chi connectivity index (χ2v) is 8.17. The molecule has 194 valence electrons. The monoisotopic (exact) mass is 539 g/mol. The summed E-state index contributed by atoms with van der Waals surface area (Å²) in [4.78, 5) is 62.6. The summed E-state index contributed by atoms with van der Waals surface area (Å²) in [6.07, 6.45) is -1.09. The van der Waals surface area contributed by atoms with Crippen LogP contribution in [0.5, 0.6) is 11.5 Å². The van der Waals surface area contributed by atoms with Gasteiger partial charge in [0.1, 0.15) is 11.8 Å². The van der Waals surface area contributed by atoms with Crippen LogP contribution in [-0.2, 0) is 9.53 Å². The van der Waals surface area contributed by atoms with Gasteiger partial charge in [-0.05, 0) is 48.0 Å². The molecule has 12 nitrogen and oxygen atoms in total. The summed E-state index contributed by atoms with van der Waals surface area (Å²) in [5.41, 5.74) is 4.34. The highest BCUT2D eigenvalue weighted by Gasteiger charge is 2.23. The molecule has 4 aromatic rings. The molecule has 4 rings (SSSR count). The number of aromatic hydroxyl groups is 1. The highest BCUT2D eigenvalue weighted by atomic mass is 35.5. The Morgan fingerprint density at radius 3 is 2.45 bits per heavy atom. The van der Waals surface area contributed by atoms with Gasteiger partial charge in [-0.2, -0.15) is 0 Å². The van der Waals surface area contributed by atoms with Crippen molar-refractivity contribution < 1.29 is 33.4 Å². The Hall–Kier alpha value is -5.10. The number of carbonyl (C=O) groups excluding carboxylic acids is 3. The Labute approximate surface area is 217 Å². The predicted octanol–water partition coefficient (Wildman–Crippen LogP) is 2.40. The fourth-order valence-corrected chi connectivity index (χ4v) is 3.77. The smallest absolute Gasteiger partial charge is 0.508 e. The Bertz CT molecular complexity index is 1690. The van der Waals surface area contributed by atoms with Gasteiger partial charge < -0.3 is 30.0 Å². The lowest BCUT2D eigenvalue weighted by molar-refractivity contribution is -0.120. The molecular weight excluding hydrogens is 522 g/mol. The molecule has 0 aliphatic rings. The molecule has 0 aliphatic carbocycles. The fraction of sp³-hybridized carbons (Fsp3) is 0.0800. The first-order valence-electron chi connectivity index (χ1n) is 10.7. The van der Waals surface area contributed by atoms with Crippen molar-refractivity contribution in [1.29, 1.82) is 0 Å². The first kappa shape index (κ1) is 26.0. The van der Waals surface area contributed by atoms with E-state index < -0.39 is 35.3 Å². The molecule has 0 aliphatic heterocycles. The maximum absolute atomic E-state index is 13.3. The molecule has 38 heavy (non-hydrogen) atoms. The largest absolute Gasteiger partial charge is 0.513 e. The van der Waals surface area contributed by atoms with E-state index in [0.717, 1.165) is 13.2 Å². The first-order chi connectivity index (χ1) is 18.1. The normalized spacial score (nSPS) is 11.5. The fourth-order valence-electron chi connectivity index (χ4n) is 3.57. The van der Waals surface area contributed by atoms with Crippen molar-refractivity contribution >= 4 is 40.5 Å². The number of nitrogens with two attached hydrogens (primary N) is 1. The molecule has 4 N–H and O–H groups in total. The average Bonchev–Trinajstić information content (AvgIpc) is 2.89. The van der Waals surface area contributed by atoms with Crippen LogP contribution in [0.15, 0.2) is 74.7 Å². The number of amides is 2. The predicted molar refractivity (Wildman–Crippen MR) is 134 cm³/mol. The summed E-state index contributed by atoms with van der Waals surface area (Å²) >= 11 is 6.26. The number of fused-ring (bicyclic) bond motifs is 1. The van der Waals surface area contributed by atoms with Crippen molar-refractivity contribution in [2.24, 2.45) is 5.73 Å². The number of methoxy groups -OCH3 is 1. The van der Waals surface area contributed by atoms with Crippen LogP contribution in [0, 0.1) is 0 Å². The van der Waals surface area contributed by atoms with Gasteiger partial charge in [0.25, 0.3) is 11.5 Å². The summed E-state index contributed by atoms with van der Waals surface area (Å²) in [5, 5.41) is 11.7. The van der Waals surface area contributed by atoms with Crippen LogP contribution in [-0.4, -0.2) is 34.8 Å². The number of rotatable bonds is 6. The van der Waals surface area contributed by atoms with Crippen molar-refractivity contribution in [1.82, 2.24) is 9.88 Å². The van der Waals surface area contributed by atoms with E-state index in [0.29, 0.717) is 10.1 Å². The number of halogens is 1. The number of phenols is 1. The third-order valence-electron chi connectivity index (χ3n) is 5.38. The van der Waals surface area contributed by atoms with Crippen LogP contribution in [0.3, 0.4) is 0 Å². The number of nitrogens with zero attached hydrogens (tertiary/aromatic N) is 1. The van der Waals surface area contributed by atoms with Crippen molar-refractivity contribution in [3.05, 3.63) is 97.7 Å². The molecule has 0 saturated heterocycles. The molecule has 1 heterocycles. The molecule has 3 aromatic carbocycles. The standard InChI is InChI=1S/C25H18ClN3O9/c1-36-25(35)37-18-4-2-3-15-20(18)38-24(34)29(23(15)33)17-11-13(7-10-16(17)26)22(32)28-19(21(27)31)12-5-8-14(30)9-6-12/h2-11,19,30H,1H3,(H2,27,31)(H,28,32). The van der Waals surface area contributed by atoms with E-state index in [1.807, 2.05) is 0 Å². The van der Waals surface area contributed by atoms with Gasteiger partial charge in [-0.3, -0.25) is 14.4 Å². The summed E-state index contributed by atoms with van der Waals surface area (Å²) in [6.45, 7) is 0. The molecule has 1 atom stereocenters. The van der Waals surface area contributed by atoms with Crippen molar-refractivity contribution in [2.45, 2.75) is 6.04 Å². The molecule has 0 bridgehead atoms. The Morgan fingerprint density at radius 1 is 1.08 bits per heavy atom. The number of hydrogen-bond acceptors (Lipinski definition) is 9. The van der Waals surface area contributed by atoms with Crippen LogP contribution in [0.4, 0.5) is 4.79 Å². The molecule has 0 saturated carbocycles. The minimum absolute atomic E-state index is 0.0470. The Morgan fingerprint density at radius 2 is 1.79 bits per heavy atom. The maximum atomic E-state index is 13.3. The van der Waals surface area contributed by atoms with Gasteiger partial charge in [0.2, 0.25) is 5.91 Å². The van der Waals surface area contributed by atoms with E-state index >= 15 is 0 Å². The van der Waals surface area contributed by atoms with Gasteiger partial charge in [0.15, 0.2) is 11.3 Å². The van der Waals surface area contributed by atoms with Crippen molar-refractivity contribution in [3.8, 4) is 17.2 Å². The molecule has 0 fully saturated rings. The highest BCUT2D eigenvalue weighted by molar-refractivity contribution is 6.32. The maximum Gasteiger partial charge on any atom is 0.513 e. The molecule has 0 radical (unpaired) electrons. The van der Waals surface area contributed by atoms with Crippen LogP contribution < -0.4 is 27.1 Å². The summed E-state index contributed by atoms with van der Waals surface area (Å²) in [5.74, 6) is -3.08. The number of hydrogen-bond donors (Lipinski definition) is 3. The summed E-state index contributed by atoms with van der Waals surface area (Å²) in [7, 11) is 1.08. The van der Waals surface area contributed by atoms with Gasteiger partial charge in [-0.1, -0.05) is 29.8 Å². The summed E-state index contributed by atoms with van der Waals surface area (Å²) in [6, 6.07) is 12.0. The van der Waals surface area contributed by atoms with E-state index in [2.05, 4.69) is 10.1 Å². The van der Waals surface area contributed by atoms with Crippen LogP contribution in [0.25, 0.3) is 16.7 Å². The molecule has 13 heteroatoms. The summed E-state index contributed by atoms with van der Waals surface area (Å²) < 4.78 is 15.2. The number of carbonyl (C=O) groups is 3. The van der Waals surface area contributed by atoms with Crippen LogP contribution >= 0.6 is 11.6 Å². The SMILES string of the molecule is COC(=O)Oc1cccc2c(=O)n(-c3cc(C(=O)NC(C(N)=O)c4ccc(O)cc4)ccc3Cl)c(=O)oc12. The highest BCUT2D eigenvalue weighted by Crippen LogP contribution is 2.25. The zero-order chi connectivity index (χ0) is 27.6. The number of nitrogens with one attached hydrogen (secondary N) is 1. The van der Waals surface area contributed by atoms with Crippen molar-refractivity contribution in [2.75, 3.05) is 7.11 Å². The van der Waals surface area contributed by atoms with Gasteiger partial charge in [0, 0.05) is 5.56 Å². The molecule has 1 aromatic heterocycles. The van der Waals surface area contributed by atoms with Gasteiger partial charge >= 0.3 is 11.9 Å². The molecule has 2 amide bonds. The zero-order valence-electron chi connectivity index (χ0n) is 19.5. The second kappa shape index (κ2) is 10.5. The van der Waals surface area contributed by atoms with E-state index in [-0.39, 0.29) is 38.7 Å². The Balaban J connectivity index is 1.76. The minimum Gasteiger partial charge on any atom is -0.508 e. The topological polar surface area (TPSA) is 180 Å². The number of para-hydroxylation sites is 1. The minimum atomic E-state index is -1.25. The quantitative estimate of drug-likeness (QED) is 0.245. The third-order valence-corrected chi connectivity index (χ3v) is 5.70. The molecular formula is C25H18ClN3O9. The Kier molecular flexibility index (Phi) is 7.17. The van der Waals surface area contributed by atoms with Gasteiger partial charge in [0.05, 0.1) is 23.2 Å². The van der Waals surface area contributed by atoms with E-state index in [1.54, 1.807) is 0 Å². The second-order valence-electron chi connectivity index (χ2n) is 7.76. The van der Waals surface area contributed by atoms with Crippen molar-refractivity contribution in [3.63, 3.8) is 0 Å². The number of primary amides is 1. The number of ether oxygens (including phenoxy) is 2. The molecule has 0 spiro atoms. The number of benzene rings is 3. The van der Waals surface area contributed by atoms with Gasteiger partial charge in [-0.25, -0.2) is 14.2 Å². The lowest BCUT2D eigenvalue weighted by atomic mass is 10.1. The first-order valence-corrected chi connectivity index (χ1v) is 11.1. The van der Waals surface area contributed by atoms with Crippen LogP contribution in [0.1, 0.15) is 22.0 Å². The van der Waals surface area contributed by atoms with Gasteiger partial charge in [-0.15, -0.1) is 0 Å². The lowest BCUT2D eigenvalue weighted by Gasteiger charge is -2.17. The number of aromatic nitrogens is 1. The van der Waals surface area contributed by atoms with E-state index in [4.69, 9.17) is 26.5 Å². The third kappa shape index (κ3) is 5.06. The average molecular weight is 540 g/mol. The zero-order valence-corrected chi connectivity index (χ0v) is 20.2. The lowest BCUT2D eigenvalue weighted by Crippen LogP contribution is -2.37.